The van der Waals surface area contributed by atoms with Crippen LogP contribution >= 0.6 is 0 Å². The van der Waals surface area contributed by atoms with Gasteiger partial charge in [0, 0.05) is 11.6 Å². The Balaban J connectivity index is 0.000000377. The van der Waals surface area contributed by atoms with Gasteiger partial charge in [0.15, 0.2) is 0 Å². The molecule has 1 aliphatic carbocycles. The van der Waals surface area contributed by atoms with Crippen molar-refractivity contribution in [3.63, 3.8) is 0 Å². The molecule has 2 aromatic rings. The molecular weight excluding hydrogens is 335 g/mol. The van der Waals surface area contributed by atoms with Crippen LogP contribution in [0, 0.1) is 5.82 Å². The van der Waals surface area contributed by atoms with Crippen molar-refractivity contribution in [3.05, 3.63) is 102 Å². The summed E-state index contributed by atoms with van der Waals surface area (Å²) in [4.78, 5) is 0. The third-order valence-corrected chi connectivity index (χ3v) is 2.90. The van der Waals surface area contributed by atoms with Crippen LogP contribution in [0.15, 0.2) is 90.6 Å². The van der Waals surface area contributed by atoms with Crippen LogP contribution in [0.4, 0.5) is 4.39 Å². The van der Waals surface area contributed by atoms with E-state index in [2.05, 4.69) is 0 Å². The first-order valence-electron chi connectivity index (χ1n) is 6.76. The molecule has 0 radical (unpaired) electrons. The molecule has 0 saturated heterocycles. The Morgan fingerprint density at radius 2 is 1.78 bits per heavy atom. The van der Waals surface area contributed by atoms with Crippen LogP contribution < -0.4 is 5.11 Å². The monoisotopic (exact) mass is 350 g/mol. The number of aromatic hydroxyl groups is 1. The van der Waals surface area contributed by atoms with Gasteiger partial charge in [-0.2, -0.15) is 18.2 Å². The maximum atomic E-state index is 12.7. The van der Waals surface area contributed by atoms with Gasteiger partial charge in [-0.1, -0.05) is 42.2 Å². The van der Waals surface area contributed by atoms with Crippen molar-refractivity contribution in [2.75, 3.05) is 0 Å². The molecule has 23 heavy (non-hydrogen) atoms. The Bertz CT molecular complexity index is 695. The topological polar surface area (TPSA) is 43.3 Å². The molecule has 2 nitrogen and oxygen atoms in total. The number of phenolic OH excluding ortho intramolecular Hbond substituents is 1. The number of phenols is 1. The molecule has 4 heteroatoms. The summed E-state index contributed by atoms with van der Waals surface area (Å²) in [5.41, 5.74) is 0.995. The third-order valence-electron chi connectivity index (χ3n) is 2.90. The van der Waals surface area contributed by atoms with Gasteiger partial charge in [-0.25, -0.2) is 16.5 Å². The van der Waals surface area contributed by atoms with Crippen LogP contribution in [-0.2, 0) is 17.1 Å². The summed E-state index contributed by atoms with van der Waals surface area (Å²) in [5, 5.41) is 21.1. The second kappa shape index (κ2) is 9.57. The molecule has 0 atom stereocenters. The molecule has 0 saturated carbocycles. The maximum absolute atomic E-state index is 12.7. The van der Waals surface area contributed by atoms with Crippen molar-refractivity contribution in [1.29, 1.82) is 0 Å². The van der Waals surface area contributed by atoms with E-state index in [1.54, 1.807) is 6.08 Å². The first-order chi connectivity index (χ1) is 10.7. The molecule has 0 aromatic heterocycles. The minimum absolute atomic E-state index is 0. The van der Waals surface area contributed by atoms with Gasteiger partial charge in [0.05, 0.1) is 0 Å². The van der Waals surface area contributed by atoms with Crippen molar-refractivity contribution < 1.29 is 31.7 Å². The molecule has 118 valence electrons. The maximum Gasteiger partial charge on any atom is 2.00 e. The number of halogens is 1. The average Bonchev–Trinajstić information content (AvgIpc) is 3.21. The Hall–Kier alpha value is -2.42. The molecule has 0 fully saturated rings. The third kappa shape index (κ3) is 6.07. The summed E-state index contributed by atoms with van der Waals surface area (Å²) in [7, 11) is 0. The minimum atomic E-state index is -0.570. The fourth-order valence-corrected chi connectivity index (χ4v) is 1.80. The zero-order valence-corrected chi connectivity index (χ0v) is 13.3. The van der Waals surface area contributed by atoms with E-state index in [-0.39, 0.29) is 34.1 Å². The fraction of sp³-hybridized carbons (Fsp3) is 0. The van der Waals surface area contributed by atoms with Crippen LogP contribution in [-0.4, -0.2) is 5.11 Å². The molecule has 3 rings (SSSR count). The van der Waals surface area contributed by atoms with E-state index in [0.717, 1.165) is 17.7 Å². The molecule has 0 spiro atoms. The van der Waals surface area contributed by atoms with Crippen LogP contribution in [0.1, 0.15) is 5.56 Å². The summed E-state index contributed by atoms with van der Waals surface area (Å²) in [6.07, 6.45) is 10.4. The Morgan fingerprint density at radius 1 is 1.13 bits per heavy atom. The van der Waals surface area contributed by atoms with Gasteiger partial charge in [-0.15, -0.1) is 0 Å². The van der Waals surface area contributed by atoms with E-state index in [1.165, 1.54) is 12.1 Å². The molecule has 1 N–H and O–H groups in total. The second-order valence-electron chi connectivity index (χ2n) is 4.54. The minimum Gasteiger partial charge on any atom is -0.872 e. The Labute approximate surface area is 145 Å². The summed E-state index contributed by atoms with van der Waals surface area (Å²) >= 11 is 0. The van der Waals surface area contributed by atoms with Crippen LogP contribution in [0.5, 0.6) is 5.75 Å². The predicted molar refractivity (Wildman–Crippen MR) is 84.4 cm³/mol. The normalized spacial score (nSPS) is 12.4. The van der Waals surface area contributed by atoms with Gasteiger partial charge in [-0.05, 0) is 17.7 Å². The second-order valence-corrected chi connectivity index (χ2v) is 4.54. The van der Waals surface area contributed by atoms with E-state index in [0.29, 0.717) is 0 Å². The fourth-order valence-electron chi connectivity index (χ4n) is 1.80. The molecule has 0 amide bonds. The predicted octanol–water partition coefficient (Wildman–Crippen LogP) is 3.69. The van der Waals surface area contributed by atoms with Gasteiger partial charge in [0.2, 0.25) is 0 Å². The van der Waals surface area contributed by atoms with Crippen molar-refractivity contribution in [2.45, 2.75) is 0 Å². The molecule has 0 bridgehead atoms. The van der Waals surface area contributed by atoms with E-state index in [9.17, 15) is 14.6 Å². The summed E-state index contributed by atoms with van der Waals surface area (Å²) in [6.45, 7) is 0. The first kappa shape index (κ1) is 18.6. The summed E-state index contributed by atoms with van der Waals surface area (Å²) < 4.78 is 12.7. The molecule has 0 heterocycles. The van der Waals surface area contributed by atoms with Gasteiger partial charge >= 0.3 is 17.1 Å². The first-order valence-corrected chi connectivity index (χ1v) is 6.76. The molecule has 2 aromatic carbocycles. The average molecular weight is 350 g/mol. The van der Waals surface area contributed by atoms with Crippen LogP contribution in [0.3, 0.4) is 0 Å². The van der Waals surface area contributed by atoms with Gasteiger partial charge < -0.3 is 10.2 Å². The molecular formula is C19H15FFeO2. The number of hydrogen-bond donors (Lipinski definition) is 1. The van der Waals surface area contributed by atoms with Crippen molar-refractivity contribution >= 4 is 5.76 Å². The van der Waals surface area contributed by atoms with E-state index in [1.807, 2.05) is 54.6 Å². The zero-order chi connectivity index (χ0) is 15.8. The molecule has 0 aliphatic heterocycles. The Kier molecular flexibility index (Phi) is 7.75. The number of allylic oxidation sites excluding steroid dienone is 7. The van der Waals surface area contributed by atoms with Gasteiger partial charge in [0.1, 0.15) is 11.6 Å². The number of hydrogen-bond acceptors (Lipinski definition) is 2. The molecule has 0 unspecified atom stereocenters. The zero-order valence-electron chi connectivity index (χ0n) is 12.2. The standard InChI is InChI=1S/C14H11FO2.C5H5.Fe/c15-11-6-7-12(14(17)9-11)13(16)8-5-10-3-1-2-4-10;1-2-4-5-3-1;/h1-9,16-17H;1-5H;/q;-1;+2/p-1. The van der Waals surface area contributed by atoms with E-state index < -0.39 is 5.82 Å². The van der Waals surface area contributed by atoms with Crippen LogP contribution in [0.2, 0.25) is 0 Å². The van der Waals surface area contributed by atoms with Gasteiger partial charge in [0.25, 0.3) is 0 Å². The van der Waals surface area contributed by atoms with Crippen molar-refractivity contribution in [2.24, 2.45) is 0 Å². The number of rotatable bonds is 2. The van der Waals surface area contributed by atoms with E-state index in [4.69, 9.17) is 0 Å². The van der Waals surface area contributed by atoms with E-state index >= 15 is 0 Å². The van der Waals surface area contributed by atoms with Gasteiger partial charge in [-0.3, -0.25) is 0 Å². The van der Waals surface area contributed by atoms with Crippen molar-refractivity contribution in [3.8, 4) is 5.75 Å². The largest absolute Gasteiger partial charge is 2.00 e. The Morgan fingerprint density at radius 3 is 2.30 bits per heavy atom. The summed E-state index contributed by atoms with van der Waals surface area (Å²) in [5.74, 6) is -1.27. The summed E-state index contributed by atoms with van der Waals surface area (Å²) in [6, 6.07) is 13.3. The van der Waals surface area contributed by atoms with Crippen molar-refractivity contribution in [1.82, 2.24) is 0 Å². The quantitative estimate of drug-likeness (QED) is 0.510. The molecule has 1 aliphatic rings. The smallest absolute Gasteiger partial charge is 0.872 e. The number of benzene rings is 1. The SMILES string of the molecule is [Fe+2].[O-]C(=CC=C1C=CC=C1)c1ccc(F)cc1O.c1cc[cH-]c1. The van der Waals surface area contributed by atoms with Crippen LogP contribution in [0.25, 0.3) is 5.76 Å².